The number of benzene rings is 1. The van der Waals surface area contributed by atoms with Gasteiger partial charge in [0.2, 0.25) is 0 Å². The maximum absolute atomic E-state index is 11.6. The number of carbonyl (C=O) groups excluding carboxylic acids is 1. The van der Waals surface area contributed by atoms with Crippen LogP contribution in [0.2, 0.25) is 0 Å². The van der Waals surface area contributed by atoms with Gasteiger partial charge in [-0.2, -0.15) is 0 Å². The van der Waals surface area contributed by atoms with Gasteiger partial charge in [-0.05, 0) is 67.4 Å². The molecule has 1 rings (SSSR count). The summed E-state index contributed by atoms with van der Waals surface area (Å²) in [6.45, 7) is 17.9. The van der Waals surface area contributed by atoms with Crippen molar-refractivity contribution in [3.05, 3.63) is 58.7 Å². The number of rotatable bonds is 10. The molecule has 0 atom stereocenters. The molecule has 1 aromatic rings. The Kier molecular flexibility index (Phi) is 10.5. The number of esters is 1. The second-order valence-electron chi connectivity index (χ2n) is 7.99. The Morgan fingerprint density at radius 3 is 2.31 bits per heavy atom. The van der Waals surface area contributed by atoms with Crippen molar-refractivity contribution in [1.82, 2.24) is 0 Å². The first-order valence-corrected chi connectivity index (χ1v) is 10.7. The molecule has 0 radical (unpaired) electrons. The minimum atomic E-state index is -0.309. The Bertz CT molecular complexity index is 764. The zero-order chi connectivity index (χ0) is 22.0. The molecule has 0 aromatic heterocycles. The van der Waals surface area contributed by atoms with Crippen LogP contribution in [-0.2, 0) is 9.53 Å². The smallest absolute Gasteiger partial charge is 0.330 e. The highest BCUT2D eigenvalue weighted by molar-refractivity contribution is 5.83. The van der Waals surface area contributed by atoms with Crippen LogP contribution < -0.4 is 4.74 Å². The van der Waals surface area contributed by atoms with Gasteiger partial charge >= 0.3 is 5.97 Å². The van der Waals surface area contributed by atoms with E-state index in [1.807, 2.05) is 19.1 Å². The average Bonchev–Trinajstić information content (AvgIpc) is 2.65. The van der Waals surface area contributed by atoms with Crippen molar-refractivity contribution in [2.24, 2.45) is 0 Å². The van der Waals surface area contributed by atoms with Crippen molar-refractivity contribution < 1.29 is 14.3 Å². The molecule has 0 fully saturated rings. The van der Waals surface area contributed by atoms with Crippen LogP contribution >= 0.6 is 0 Å². The molecule has 29 heavy (non-hydrogen) atoms. The minimum absolute atomic E-state index is 0.309. The Morgan fingerprint density at radius 1 is 1.07 bits per heavy atom. The van der Waals surface area contributed by atoms with Crippen LogP contribution in [0.25, 0.3) is 5.57 Å². The van der Waals surface area contributed by atoms with Gasteiger partial charge in [-0.15, -0.1) is 0 Å². The lowest BCUT2D eigenvalue weighted by Gasteiger charge is -2.21. The lowest BCUT2D eigenvalue weighted by molar-refractivity contribution is -0.137. The molecule has 0 heterocycles. The molecule has 0 unspecified atom stereocenters. The number of hydrogen-bond donors (Lipinski definition) is 0. The summed E-state index contributed by atoms with van der Waals surface area (Å²) in [7, 11) is 0. The fraction of sp³-hybridized carbons (Fsp3) is 0.500. The van der Waals surface area contributed by atoms with E-state index in [0.717, 1.165) is 28.9 Å². The molecule has 0 saturated heterocycles. The van der Waals surface area contributed by atoms with Crippen LogP contribution in [0.3, 0.4) is 0 Å². The second-order valence-corrected chi connectivity index (χ2v) is 7.99. The number of carbonyl (C=O) groups is 1. The van der Waals surface area contributed by atoms with E-state index >= 15 is 0 Å². The van der Waals surface area contributed by atoms with Crippen molar-refractivity contribution in [2.45, 2.75) is 73.6 Å². The van der Waals surface area contributed by atoms with Crippen molar-refractivity contribution in [3.63, 3.8) is 0 Å². The van der Waals surface area contributed by atoms with Gasteiger partial charge in [-0.25, -0.2) is 4.79 Å². The standard InChI is InChI=1S/C26H38O3/c1-9-14-29-26-23(19(5)6)16-22(18(3)4)17-24(26)21(8)13-11-12-20(7)15-25(27)28-10-2/h11-13,15-19H,9-10,14H2,1-8H3. The van der Waals surface area contributed by atoms with Crippen molar-refractivity contribution in [3.8, 4) is 5.75 Å². The van der Waals surface area contributed by atoms with Crippen LogP contribution in [0.5, 0.6) is 5.75 Å². The Balaban J connectivity index is 3.32. The Labute approximate surface area is 177 Å². The molecule has 0 aliphatic carbocycles. The van der Waals surface area contributed by atoms with Gasteiger partial charge in [0.25, 0.3) is 0 Å². The molecule has 3 nitrogen and oxygen atoms in total. The lowest BCUT2D eigenvalue weighted by atomic mass is 9.89. The molecule has 0 N–H and O–H groups in total. The predicted molar refractivity (Wildman–Crippen MR) is 124 cm³/mol. The van der Waals surface area contributed by atoms with Crippen LogP contribution in [0, 0.1) is 0 Å². The van der Waals surface area contributed by atoms with Gasteiger partial charge in [0.1, 0.15) is 5.75 Å². The van der Waals surface area contributed by atoms with Crippen molar-refractivity contribution in [1.29, 1.82) is 0 Å². The Hall–Kier alpha value is -2.29. The molecule has 0 bridgehead atoms. The first-order valence-electron chi connectivity index (χ1n) is 10.7. The highest BCUT2D eigenvalue weighted by Gasteiger charge is 2.17. The van der Waals surface area contributed by atoms with Crippen molar-refractivity contribution >= 4 is 11.5 Å². The van der Waals surface area contributed by atoms with E-state index < -0.39 is 0 Å². The highest BCUT2D eigenvalue weighted by atomic mass is 16.5. The fourth-order valence-electron chi connectivity index (χ4n) is 2.95. The maximum Gasteiger partial charge on any atom is 0.330 e. The molecular weight excluding hydrogens is 360 g/mol. The highest BCUT2D eigenvalue weighted by Crippen LogP contribution is 2.37. The van der Waals surface area contributed by atoms with Crippen LogP contribution in [0.1, 0.15) is 90.3 Å². The molecule has 0 spiro atoms. The quantitative estimate of drug-likeness (QED) is 0.238. The number of allylic oxidation sites excluding steroid dienone is 5. The topological polar surface area (TPSA) is 35.5 Å². The summed E-state index contributed by atoms with van der Waals surface area (Å²) in [4.78, 5) is 11.6. The summed E-state index contributed by atoms with van der Waals surface area (Å²) >= 11 is 0. The first-order chi connectivity index (χ1) is 13.7. The van der Waals surface area contributed by atoms with E-state index in [1.165, 1.54) is 17.2 Å². The zero-order valence-electron chi connectivity index (χ0n) is 19.5. The molecule has 0 saturated carbocycles. The third-order valence-electron chi connectivity index (χ3n) is 4.64. The van der Waals surface area contributed by atoms with Gasteiger partial charge < -0.3 is 9.47 Å². The van der Waals surface area contributed by atoms with Crippen LogP contribution in [-0.4, -0.2) is 19.2 Å². The summed E-state index contributed by atoms with van der Waals surface area (Å²) in [5.74, 6) is 1.52. The van der Waals surface area contributed by atoms with Crippen molar-refractivity contribution in [2.75, 3.05) is 13.2 Å². The molecule has 160 valence electrons. The fourth-order valence-corrected chi connectivity index (χ4v) is 2.95. The van der Waals surface area contributed by atoms with E-state index in [2.05, 4.69) is 59.8 Å². The monoisotopic (exact) mass is 398 g/mol. The maximum atomic E-state index is 11.6. The second kappa shape index (κ2) is 12.3. The number of hydrogen-bond acceptors (Lipinski definition) is 3. The average molecular weight is 399 g/mol. The Morgan fingerprint density at radius 2 is 1.76 bits per heavy atom. The first kappa shape index (κ1) is 24.7. The van der Waals surface area contributed by atoms with E-state index in [9.17, 15) is 4.79 Å². The lowest BCUT2D eigenvalue weighted by Crippen LogP contribution is -2.05. The van der Waals surface area contributed by atoms with E-state index in [4.69, 9.17) is 9.47 Å². The third kappa shape index (κ3) is 7.92. The van der Waals surface area contributed by atoms with Gasteiger partial charge in [0.15, 0.2) is 0 Å². The van der Waals surface area contributed by atoms with Crippen LogP contribution in [0.4, 0.5) is 0 Å². The van der Waals surface area contributed by atoms with E-state index in [0.29, 0.717) is 25.0 Å². The summed E-state index contributed by atoms with van der Waals surface area (Å²) in [5.41, 5.74) is 5.72. The molecule has 0 aliphatic rings. The zero-order valence-corrected chi connectivity index (χ0v) is 19.5. The summed E-state index contributed by atoms with van der Waals surface area (Å²) in [6, 6.07) is 4.54. The van der Waals surface area contributed by atoms with Gasteiger partial charge in [0.05, 0.1) is 13.2 Å². The third-order valence-corrected chi connectivity index (χ3v) is 4.64. The van der Waals surface area contributed by atoms with Crippen LogP contribution in [0.15, 0.2) is 42.0 Å². The summed E-state index contributed by atoms with van der Waals surface area (Å²) < 4.78 is 11.2. The molecule has 0 amide bonds. The minimum Gasteiger partial charge on any atom is -0.493 e. The van der Waals surface area contributed by atoms with Gasteiger partial charge in [-0.1, -0.05) is 58.9 Å². The SMILES string of the molecule is CCCOc1c(C(C)=CC=CC(C)=CC(=O)OCC)cc(C(C)C)cc1C(C)C. The molecular formula is C26H38O3. The summed E-state index contributed by atoms with van der Waals surface area (Å²) in [6.07, 6.45) is 8.45. The van der Waals surface area contributed by atoms with Gasteiger partial charge in [-0.3, -0.25) is 0 Å². The summed E-state index contributed by atoms with van der Waals surface area (Å²) in [5, 5.41) is 0. The number of ether oxygens (including phenoxy) is 2. The van der Waals surface area contributed by atoms with Gasteiger partial charge in [0, 0.05) is 11.6 Å². The predicted octanol–water partition coefficient (Wildman–Crippen LogP) is 7.19. The molecule has 1 aromatic carbocycles. The molecule has 0 aliphatic heterocycles. The normalized spacial score (nSPS) is 12.9. The van der Waals surface area contributed by atoms with E-state index in [1.54, 1.807) is 6.92 Å². The largest absolute Gasteiger partial charge is 0.493 e. The molecule has 3 heteroatoms. The van der Waals surface area contributed by atoms with E-state index in [-0.39, 0.29) is 5.97 Å².